The Labute approximate surface area is 309 Å². The molecule has 4 aromatic heterocycles. The lowest BCUT2D eigenvalue weighted by molar-refractivity contribution is 1.17. The number of fused-ring (bicyclic) bond motifs is 14. The number of pyridine rings is 2. The van der Waals surface area contributed by atoms with Gasteiger partial charge in [0.2, 0.25) is 0 Å². The second kappa shape index (κ2) is 11.1. The van der Waals surface area contributed by atoms with E-state index in [2.05, 4.69) is 178 Å². The second-order valence-corrected chi connectivity index (χ2v) is 14.2. The fourth-order valence-corrected chi connectivity index (χ4v) is 9.04. The van der Waals surface area contributed by atoms with Gasteiger partial charge in [-0.25, -0.2) is 0 Å². The molecule has 4 heterocycles. The Balaban J connectivity index is 1.08. The average molecular weight is 687 g/mol. The van der Waals surface area contributed by atoms with Crippen molar-refractivity contribution in [3.63, 3.8) is 0 Å². The lowest BCUT2D eigenvalue weighted by Crippen LogP contribution is -1.95. The molecule has 0 fully saturated rings. The molecule has 0 saturated carbocycles. The van der Waals surface area contributed by atoms with Crippen molar-refractivity contribution in [2.75, 3.05) is 0 Å². The molecule has 4 heteroatoms. The number of hydrogen-bond donors (Lipinski definition) is 0. The molecule has 0 N–H and O–H groups in total. The monoisotopic (exact) mass is 686 g/mol. The lowest BCUT2D eigenvalue weighted by Gasteiger charge is -2.13. The Hall–Kier alpha value is -7.30. The average Bonchev–Trinajstić information content (AvgIpc) is 3.76. The van der Waals surface area contributed by atoms with Crippen LogP contribution in [0.4, 0.5) is 0 Å². The molecule has 12 aromatic rings. The number of para-hydroxylation sites is 2. The summed E-state index contributed by atoms with van der Waals surface area (Å²) in [6.45, 7) is 0. The van der Waals surface area contributed by atoms with E-state index in [1.807, 2.05) is 18.6 Å². The van der Waals surface area contributed by atoms with E-state index in [1.54, 1.807) is 0 Å². The maximum absolute atomic E-state index is 4.88. The molecule has 0 amide bonds. The van der Waals surface area contributed by atoms with Gasteiger partial charge in [0.05, 0.1) is 40.0 Å². The summed E-state index contributed by atoms with van der Waals surface area (Å²) in [4.78, 5) is 9.49. The normalized spacial score (nSPS) is 12.1. The summed E-state index contributed by atoms with van der Waals surface area (Å²) in [6.07, 6.45) is 5.93. The number of nitrogens with zero attached hydrogens (tertiary/aromatic N) is 4. The number of hydrogen-bond acceptors (Lipinski definition) is 2. The molecule has 12 rings (SSSR count). The number of benzene rings is 8. The van der Waals surface area contributed by atoms with E-state index in [-0.39, 0.29) is 0 Å². The Morgan fingerprint density at radius 3 is 1.67 bits per heavy atom. The first-order chi connectivity index (χ1) is 26.8. The Morgan fingerprint density at radius 1 is 0.333 bits per heavy atom. The highest BCUT2D eigenvalue weighted by Crippen LogP contribution is 2.41. The summed E-state index contributed by atoms with van der Waals surface area (Å²) < 4.78 is 4.72. The van der Waals surface area contributed by atoms with E-state index < -0.39 is 0 Å². The lowest BCUT2D eigenvalue weighted by atomic mass is 9.94. The van der Waals surface area contributed by atoms with Gasteiger partial charge in [-0.2, -0.15) is 0 Å². The molecule has 0 spiro atoms. The molecule has 0 radical (unpaired) electrons. The van der Waals surface area contributed by atoms with Crippen LogP contribution in [0.1, 0.15) is 0 Å². The third kappa shape index (κ3) is 4.08. The van der Waals surface area contributed by atoms with Crippen LogP contribution in [-0.4, -0.2) is 19.1 Å². The van der Waals surface area contributed by atoms with Crippen molar-refractivity contribution in [2.45, 2.75) is 0 Å². The summed E-state index contributed by atoms with van der Waals surface area (Å²) >= 11 is 0. The minimum absolute atomic E-state index is 1.00. The van der Waals surface area contributed by atoms with Gasteiger partial charge >= 0.3 is 0 Å². The zero-order valence-electron chi connectivity index (χ0n) is 29.1. The van der Waals surface area contributed by atoms with Crippen molar-refractivity contribution in [3.05, 3.63) is 182 Å². The Bertz CT molecular complexity index is 3460. The van der Waals surface area contributed by atoms with Crippen molar-refractivity contribution >= 4 is 86.8 Å². The first-order valence-electron chi connectivity index (χ1n) is 18.4. The van der Waals surface area contributed by atoms with Crippen LogP contribution in [-0.2, 0) is 0 Å². The fraction of sp³-hybridized carbons (Fsp3) is 0. The van der Waals surface area contributed by atoms with E-state index >= 15 is 0 Å². The van der Waals surface area contributed by atoms with Crippen LogP contribution in [0.25, 0.3) is 109 Å². The minimum Gasteiger partial charge on any atom is -0.308 e. The Morgan fingerprint density at radius 2 is 0.926 bits per heavy atom. The zero-order valence-corrected chi connectivity index (χ0v) is 29.1. The van der Waals surface area contributed by atoms with Gasteiger partial charge in [-0.3, -0.25) is 9.97 Å². The first kappa shape index (κ1) is 29.3. The highest BCUT2D eigenvalue weighted by Gasteiger charge is 2.19. The quantitative estimate of drug-likeness (QED) is 0.173. The van der Waals surface area contributed by atoms with Gasteiger partial charge in [0.25, 0.3) is 0 Å². The van der Waals surface area contributed by atoms with Crippen molar-refractivity contribution in [1.82, 2.24) is 19.1 Å². The highest BCUT2D eigenvalue weighted by molar-refractivity contribution is 6.26. The largest absolute Gasteiger partial charge is 0.308 e. The molecule has 0 bridgehead atoms. The van der Waals surface area contributed by atoms with Crippen LogP contribution in [0.15, 0.2) is 182 Å². The maximum Gasteiger partial charge on any atom is 0.0730 e. The summed E-state index contributed by atoms with van der Waals surface area (Å²) in [5.41, 5.74) is 10.1. The topological polar surface area (TPSA) is 35.6 Å². The van der Waals surface area contributed by atoms with Crippen LogP contribution in [0, 0.1) is 0 Å². The van der Waals surface area contributed by atoms with Gasteiger partial charge in [-0.05, 0) is 104 Å². The van der Waals surface area contributed by atoms with Crippen LogP contribution in [0.3, 0.4) is 0 Å². The highest BCUT2D eigenvalue weighted by atomic mass is 15.0. The van der Waals surface area contributed by atoms with E-state index in [0.29, 0.717) is 0 Å². The smallest absolute Gasteiger partial charge is 0.0730 e. The van der Waals surface area contributed by atoms with E-state index in [9.17, 15) is 0 Å². The van der Waals surface area contributed by atoms with Crippen molar-refractivity contribution < 1.29 is 0 Å². The van der Waals surface area contributed by atoms with Crippen LogP contribution < -0.4 is 0 Å². The Kier molecular flexibility index (Phi) is 6.02. The third-order valence-electron chi connectivity index (χ3n) is 11.4. The molecular formula is C50H30N4. The SMILES string of the molecule is c1ccc(-n2c3ccc(-c4ccc5c(c4)c4ccncc4n5-c4ccc5c6ccccc6c6ccccc6c5c4)cc3c3c4ccccc4ncc32)cc1. The standard InChI is InChI=1S/C50H30N4/c1-2-10-33(11-3-1)53-47-23-19-32(27-44(47)50-41-16-8-9-17-45(41)52-30-49(50)53)31-18-22-46-43(26-31)40-24-25-51-29-48(40)54(46)34-20-21-39-37-14-5-4-12-35(37)36-13-6-7-15-38(36)42(39)28-34/h1-30H. The molecule has 0 aliphatic rings. The summed E-state index contributed by atoms with van der Waals surface area (Å²) in [7, 11) is 0. The van der Waals surface area contributed by atoms with Crippen molar-refractivity contribution in [3.8, 4) is 22.5 Å². The molecule has 0 saturated heterocycles. The van der Waals surface area contributed by atoms with Crippen LogP contribution in [0.2, 0.25) is 0 Å². The molecule has 54 heavy (non-hydrogen) atoms. The molecule has 0 unspecified atom stereocenters. The van der Waals surface area contributed by atoms with Gasteiger partial charge in [-0.15, -0.1) is 0 Å². The number of rotatable bonds is 3. The molecule has 0 aliphatic heterocycles. The zero-order chi connectivity index (χ0) is 35.3. The maximum atomic E-state index is 4.88. The fourth-order valence-electron chi connectivity index (χ4n) is 9.04. The predicted molar refractivity (Wildman–Crippen MR) is 226 cm³/mol. The van der Waals surface area contributed by atoms with E-state index in [0.717, 1.165) is 38.8 Å². The van der Waals surface area contributed by atoms with Gasteiger partial charge in [-0.1, -0.05) is 103 Å². The van der Waals surface area contributed by atoms with Crippen LogP contribution in [0.5, 0.6) is 0 Å². The molecule has 8 aromatic carbocycles. The second-order valence-electron chi connectivity index (χ2n) is 14.2. The van der Waals surface area contributed by atoms with E-state index in [4.69, 9.17) is 4.98 Å². The molecule has 250 valence electrons. The van der Waals surface area contributed by atoms with Crippen molar-refractivity contribution in [1.29, 1.82) is 0 Å². The third-order valence-corrected chi connectivity index (χ3v) is 11.4. The van der Waals surface area contributed by atoms with Gasteiger partial charge < -0.3 is 9.13 Å². The van der Waals surface area contributed by atoms with Gasteiger partial charge in [0, 0.05) is 44.5 Å². The predicted octanol–water partition coefficient (Wildman–Crippen LogP) is 13.0. The van der Waals surface area contributed by atoms with Gasteiger partial charge in [0.1, 0.15) is 0 Å². The molecule has 0 aliphatic carbocycles. The van der Waals surface area contributed by atoms with Gasteiger partial charge in [0.15, 0.2) is 0 Å². The minimum atomic E-state index is 1.00. The van der Waals surface area contributed by atoms with Crippen molar-refractivity contribution in [2.24, 2.45) is 0 Å². The first-order valence-corrected chi connectivity index (χ1v) is 18.4. The molecule has 4 nitrogen and oxygen atoms in total. The molecule has 0 atom stereocenters. The summed E-state index contributed by atoms with van der Waals surface area (Å²) in [5.74, 6) is 0. The number of aromatic nitrogens is 4. The molecular weight excluding hydrogens is 657 g/mol. The van der Waals surface area contributed by atoms with Crippen LogP contribution >= 0.6 is 0 Å². The van der Waals surface area contributed by atoms with E-state index in [1.165, 1.54) is 70.5 Å². The summed E-state index contributed by atoms with van der Waals surface area (Å²) in [6, 6.07) is 59.5. The summed E-state index contributed by atoms with van der Waals surface area (Å²) in [5, 5.41) is 13.6.